The van der Waals surface area contributed by atoms with Crippen molar-refractivity contribution in [1.29, 1.82) is 0 Å². The molecule has 2 N–H and O–H groups in total. The Morgan fingerprint density at radius 3 is 2.70 bits per heavy atom. The quantitative estimate of drug-likeness (QED) is 0.762. The van der Waals surface area contributed by atoms with Crippen molar-refractivity contribution in [2.75, 3.05) is 20.3 Å². The summed E-state index contributed by atoms with van der Waals surface area (Å²) in [5, 5.41) is 4.81. The molecule has 1 atom stereocenters. The third kappa shape index (κ3) is 4.27. The van der Waals surface area contributed by atoms with E-state index in [9.17, 15) is 18.4 Å². The van der Waals surface area contributed by atoms with E-state index >= 15 is 0 Å². The first kappa shape index (κ1) is 16.0. The third-order valence-corrected chi connectivity index (χ3v) is 2.54. The Morgan fingerprint density at radius 1 is 1.35 bits per heavy atom. The third-order valence-electron chi connectivity index (χ3n) is 2.54. The van der Waals surface area contributed by atoms with E-state index in [0.717, 1.165) is 12.1 Å². The van der Waals surface area contributed by atoms with E-state index in [1.807, 2.05) is 0 Å². The Kier molecular flexibility index (Phi) is 6.05. The van der Waals surface area contributed by atoms with Gasteiger partial charge in [0.1, 0.15) is 6.04 Å². The summed E-state index contributed by atoms with van der Waals surface area (Å²) in [5.41, 5.74) is -0.443. The number of methoxy groups -OCH3 is 1. The van der Waals surface area contributed by atoms with Crippen molar-refractivity contribution in [3.8, 4) is 0 Å². The van der Waals surface area contributed by atoms with Crippen LogP contribution in [0.1, 0.15) is 17.3 Å². The molecule has 5 nitrogen and oxygen atoms in total. The highest BCUT2D eigenvalue weighted by molar-refractivity contribution is 5.97. The monoisotopic (exact) mass is 286 g/mol. The molecule has 20 heavy (non-hydrogen) atoms. The lowest BCUT2D eigenvalue weighted by molar-refractivity contribution is -0.122. The second kappa shape index (κ2) is 7.54. The molecule has 1 aromatic carbocycles. The molecule has 0 aromatic heterocycles. The molecule has 1 rings (SSSR count). The normalized spacial score (nSPS) is 11.8. The first-order valence-electron chi connectivity index (χ1n) is 5.99. The van der Waals surface area contributed by atoms with E-state index in [-0.39, 0.29) is 0 Å². The number of rotatable bonds is 6. The van der Waals surface area contributed by atoms with Gasteiger partial charge in [-0.25, -0.2) is 8.78 Å². The van der Waals surface area contributed by atoms with E-state index < -0.39 is 35.1 Å². The van der Waals surface area contributed by atoms with Crippen LogP contribution in [0.2, 0.25) is 0 Å². The highest BCUT2D eigenvalue weighted by Gasteiger charge is 2.19. The minimum absolute atomic E-state index is 0.296. The number of ether oxygens (including phenoxy) is 1. The lowest BCUT2D eigenvalue weighted by Crippen LogP contribution is -2.45. The van der Waals surface area contributed by atoms with Crippen LogP contribution < -0.4 is 10.6 Å². The Morgan fingerprint density at radius 2 is 2.05 bits per heavy atom. The van der Waals surface area contributed by atoms with E-state index in [0.29, 0.717) is 13.2 Å². The van der Waals surface area contributed by atoms with Gasteiger partial charge in [0.25, 0.3) is 5.91 Å². The first-order chi connectivity index (χ1) is 9.47. The highest BCUT2D eigenvalue weighted by Crippen LogP contribution is 2.11. The average Bonchev–Trinajstić information content (AvgIpc) is 2.41. The van der Waals surface area contributed by atoms with Gasteiger partial charge in [-0.3, -0.25) is 9.59 Å². The van der Waals surface area contributed by atoms with Gasteiger partial charge in [0.2, 0.25) is 5.91 Å². The Balaban J connectivity index is 2.61. The number of carbonyl (C=O) groups is 2. The van der Waals surface area contributed by atoms with Gasteiger partial charge in [-0.1, -0.05) is 6.07 Å². The van der Waals surface area contributed by atoms with E-state index in [2.05, 4.69) is 10.6 Å². The van der Waals surface area contributed by atoms with Gasteiger partial charge >= 0.3 is 0 Å². The van der Waals surface area contributed by atoms with Crippen LogP contribution in [-0.4, -0.2) is 38.1 Å². The fraction of sp³-hybridized carbons (Fsp3) is 0.385. The summed E-state index contributed by atoms with van der Waals surface area (Å²) in [5.74, 6) is -3.64. The maximum absolute atomic E-state index is 13.4. The summed E-state index contributed by atoms with van der Waals surface area (Å²) in [6, 6.07) is 2.40. The van der Waals surface area contributed by atoms with Gasteiger partial charge in [-0.15, -0.1) is 0 Å². The van der Waals surface area contributed by atoms with Crippen molar-refractivity contribution in [3.05, 3.63) is 35.4 Å². The number of amides is 2. The molecule has 110 valence electrons. The number of nitrogens with one attached hydrogen (secondary N) is 2. The summed E-state index contributed by atoms with van der Waals surface area (Å²) in [4.78, 5) is 23.3. The lowest BCUT2D eigenvalue weighted by atomic mass is 10.1. The predicted molar refractivity (Wildman–Crippen MR) is 68.2 cm³/mol. The molecule has 7 heteroatoms. The van der Waals surface area contributed by atoms with Crippen molar-refractivity contribution in [2.45, 2.75) is 13.0 Å². The lowest BCUT2D eigenvalue weighted by Gasteiger charge is -2.14. The predicted octanol–water partition coefficient (Wildman–Crippen LogP) is 0.846. The summed E-state index contributed by atoms with van der Waals surface area (Å²) in [6.07, 6.45) is 0. The second-order valence-corrected chi connectivity index (χ2v) is 4.08. The SMILES string of the molecule is COCCNC(=O)C(C)NC(=O)c1cccc(F)c1F. The Bertz CT molecular complexity index is 495. The molecule has 1 aromatic rings. The van der Waals surface area contributed by atoms with E-state index in [1.165, 1.54) is 20.1 Å². The average molecular weight is 286 g/mol. The summed E-state index contributed by atoms with van der Waals surface area (Å²) >= 11 is 0. The fourth-order valence-electron chi connectivity index (χ4n) is 1.45. The molecule has 0 heterocycles. The Hall–Kier alpha value is -2.02. The summed E-state index contributed by atoms with van der Waals surface area (Å²) in [7, 11) is 1.49. The summed E-state index contributed by atoms with van der Waals surface area (Å²) in [6.45, 7) is 2.08. The van der Waals surface area contributed by atoms with Gasteiger partial charge in [0, 0.05) is 13.7 Å². The minimum Gasteiger partial charge on any atom is -0.383 e. The van der Waals surface area contributed by atoms with Gasteiger partial charge in [0.05, 0.1) is 12.2 Å². The first-order valence-corrected chi connectivity index (χ1v) is 5.99. The van der Waals surface area contributed by atoms with Crippen molar-refractivity contribution in [1.82, 2.24) is 10.6 Å². The maximum Gasteiger partial charge on any atom is 0.255 e. The summed E-state index contributed by atoms with van der Waals surface area (Å²) < 4.78 is 31.2. The number of hydrogen-bond acceptors (Lipinski definition) is 3. The van der Waals surface area contributed by atoms with Crippen molar-refractivity contribution >= 4 is 11.8 Å². The van der Waals surface area contributed by atoms with Crippen molar-refractivity contribution in [3.63, 3.8) is 0 Å². The van der Waals surface area contributed by atoms with Gasteiger partial charge < -0.3 is 15.4 Å². The van der Waals surface area contributed by atoms with Gasteiger partial charge in [-0.05, 0) is 19.1 Å². The second-order valence-electron chi connectivity index (χ2n) is 4.08. The molecule has 0 bridgehead atoms. The molecule has 0 spiro atoms. The maximum atomic E-state index is 13.4. The standard InChI is InChI=1S/C13H16F2N2O3/c1-8(12(18)16-6-7-20-2)17-13(19)9-4-3-5-10(14)11(9)15/h3-5,8H,6-7H2,1-2H3,(H,16,18)(H,17,19). The zero-order valence-corrected chi connectivity index (χ0v) is 11.2. The molecule has 0 fully saturated rings. The number of hydrogen-bond donors (Lipinski definition) is 2. The molecule has 0 saturated carbocycles. The van der Waals surface area contributed by atoms with Crippen molar-refractivity contribution < 1.29 is 23.1 Å². The highest BCUT2D eigenvalue weighted by atomic mass is 19.2. The van der Waals surface area contributed by atoms with Crippen LogP contribution in [0.15, 0.2) is 18.2 Å². The van der Waals surface area contributed by atoms with Crippen LogP contribution in [0.3, 0.4) is 0 Å². The molecule has 0 saturated heterocycles. The molecule has 0 aliphatic rings. The Labute approximate surface area is 115 Å². The molecule has 1 unspecified atom stereocenters. The van der Waals surface area contributed by atoms with Crippen molar-refractivity contribution in [2.24, 2.45) is 0 Å². The van der Waals surface area contributed by atoms with Gasteiger partial charge in [-0.2, -0.15) is 0 Å². The molecule has 0 aliphatic heterocycles. The van der Waals surface area contributed by atoms with Crippen LogP contribution >= 0.6 is 0 Å². The topological polar surface area (TPSA) is 67.4 Å². The minimum atomic E-state index is -1.24. The fourth-order valence-corrected chi connectivity index (χ4v) is 1.45. The molecule has 0 aliphatic carbocycles. The number of carbonyl (C=O) groups excluding carboxylic acids is 2. The largest absolute Gasteiger partial charge is 0.383 e. The van der Waals surface area contributed by atoms with E-state index in [4.69, 9.17) is 4.74 Å². The van der Waals surface area contributed by atoms with Crippen LogP contribution in [0, 0.1) is 11.6 Å². The zero-order chi connectivity index (χ0) is 15.1. The smallest absolute Gasteiger partial charge is 0.255 e. The molecule has 2 amide bonds. The van der Waals surface area contributed by atoms with Crippen LogP contribution in [0.25, 0.3) is 0 Å². The van der Waals surface area contributed by atoms with Crippen LogP contribution in [0.4, 0.5) is 8.78 Å². The number of benzene rings is 1. The van der Waals surface area contributed by atoms with Crippen LogP contribution in [0.5, 0.6) is 0 Å². The van der Waals surface area contributed by atoms with Crippen LogP contribution in [-0.2, 0) is 9.53 Å². The number of halogens is 2. The molecule has 0 radical (unpaired) electrons. The molecular weight excluding hydrogens is 270 g/mol. The zero-order valence-electron chi connectivity index (χ0n) is 11.2. The van der Waals surface area contributed by atoms with E-state index in [1.54, 1.807) is 0 Å². The molecular formula is C13H16F2N2O3. The van der Waals surface area contributed by atoms with Gasteiger partial charge in [0.15, 0.2) is 11.6 Å².